The van der Waals surface area contributed by atoms with Crippen LogP contribution in [-0.4, -0.2) is 0 Å². The molecule has 17 aromatic rings. The minimum absolute atomic E-state index is 0.0531. The van der Waals surface area contributed by atoms with Crippen LogP contribution in [0.15, 0.2) is 146 Å². The normalized spacial score (nSPS) is 14.2. The summed E-state index contributed by atoms with van der Waals surface area (Å²) in [7, 11) is 0. The molecule has 17 rings (SSSR count). The van der Waals surface area contributed by atoms with Crippen LogP contribution in [0.3, 0.4) is 0 Å². The Morgan fingerprint density at radius 1 is 0.156 bits per heavy atom. The van der Waals surface area contributed by atoms with Crippen molar-refractivity contribution in [3.63, 3.8) is 0 Å². The molecule has 0 heterocycles. The van der Waals surface area contributed by atoms with Gasteiger partial charge in [-0.15, -0.1) is 0 Å². The molecule has 0 aromatic heterocycles. The third-order valence-electron chi connectivity index (χ3n) is 23.3. The van der Waals surface area contributed by atoms with Crippen molar-refractivity contribution in [1.29, 1.82) is 0 Å². The fourth-order valence-electron chi connectivity index (χ4n) is 18.0. The lowest BCUT2D eigenvalue weighted by Gasteiger charge is -2.27. The molecule has 0 atom stereocenters. The van der Waals surface area contributed by atoms with Crippen molar-refractivity contribution in [1.82, 2.24) is 0 Å². The number of rotatable bonds is 2. The van der Waals surface area contributed by atoms with Crippen molar-refractivity contribution in [2.24, 2.45) is 0 Å². The summed E-state index contributed by atoms with van der Waals surface area (Å²) in [6.45, 7) is 57.6. The Hall–Kier alpha value is -8.32. The van der Waals surface area contributed by atoms with Gasteiger partial charge in [0.25, 0.3) is 0 Å². The van der Waals surface area contributed by atoms with E-state index in [1.54, 1.807) is 0 Å². The van der Waals surface area contributed by atoms with Gasteiger partial charge in [-0.2, -0.15) is 0 Å². The average Bonchev–Trinajstić information content (AvgIpc) is 1.47. The van der Waals surface area contributed by atoms with Gasteiger partial charge in [0.1, 0.15) is 0 Å². The summed E-state index contributed by atoms with van der Waals surface area (Å²) < 4.78 is 0. The second-order valence-corrected chi connectivity index (χ2v) is 38.1. The maximum Gasteiger partial charge on any atom is -0.000696 e. The van der Waals surface area contributed by atoms with Crippen LogP contribution in [0.5, 0.6) is 0 Å². The molecule has 0 heteroatoms. The van der Waals surface area contributed by atoms with E-state index in [1.807, 2.05) is 0 Å². The Bertz CT molecular complexity index is 5740. The van der Waals surface area contributed by atoms with Crippen LogP contribution in [0.2, 0.25) is 0 Å². The molecule has 17 aromatic carbocycles. The zero-order valence-corrected chi connectivity index (χ0v) is 61.9. The number of fused-ring (bicyclic) bond motifs is 16. The predicted molar refractivity (Wildman–Crippen MR) is 428 cm³/mol. The van der Waals surface area contributed by atoms with Crippen molar-refractivity contribution < 1.29 is 0 Å². The summed E-state index contributed by atoms with van der Waals surface area (Å²) in [5.41, 5.74) is 16.0. The molecule has 0 unspecified atom stereocenters. The summed E-state index contributed by atoms with van der Waals surface area (Å²) in [6.07, 6.45) is 0. The van der Waals surface area contributed by atoms with Gasteiger partial charge < -0.3 is 0 Å². The first-order chi connectivity index (χ1) is 44.7. The highest BCUT2D eigenvalue weighted by atomic mass is 14.4. The number of hydrogen-bond acceptors (Lipinski definition) is 0. The molecule has 0 radical (unpaired) electrons. The topological polar surface area (TPSA) is 0 Å². The highest BCUT2D eigenvalue weighted by molar-refractivity contribution is 6.54. The third kappa shape index (κ3) is 8.32. The van der Waals surface area contributed by atoms with E-state index in [1.165, 1.54) is 218 Å². The lowest BCUT2D eigenvalue weighted by atomic mass is 9.78. The molecule has 0 aliphatic heterocycles. The molecule has 0 saturated heterocycles. The fourth-order valence-corrected chi connectivity index (χ4v) is 18.0. The smallest absolute Gasteiger partial charge is 0.000696 e. The van der Waals surface area contributed by atoms with Crippen molar-refractivity contribution in [3.05, 3.63) is 190 Å². The standard InChI is InChI=1S/C96H96/c1-89(2,3)51-39-49(40-52(43-51)90(4,5)6)73-61-27-25-29-63-75-69(45-55(93(13,14)15)47-71(75)95(19,20)21)87(81(61)63)85-67-37-33-59-58-32-36-66-80-68(38-34-60(78(58)80)57-31-35-65(83(73)85)79(67)77(57)59)86-84(66)74(50-41-53(91(7,8)9)44-54(42-50)92(10,11)12)62-28-26-30-64-76-70(88(86)82(62)64)46-56(94(16,17)18)48-72(76)96(22,23)24/h25-48H,1-24H3. The first-order valence-corrected chi connectivity index (χ1v) is 35.9. The van der Waals surface area contributed by atoms with E-state index in [4.69, 9.17) is 0 Å². The summed E-state index contributed by atoms with van der Waals surface area (Å²) >= 11 is 0. The first kappa shape index (κ1) is 61.3. The third-order valence-corrected chi connectivity index (χ3v) is 23.3. The zero-order valence-electron chi connectivity index (χ0n) is 61.9. The molecule has 0 bridgehead atoms. The summed E-state index contributed by atoms with van der Waals surface area (Å²) in [6, 6.07) is 60.6. The van der Waals surface area contributed by atoms with E-state index >= 15 is 0 Å². The van der Waals surface area contributed by atoms with Crippen LogP contribution in [-0.2, 0) is 43.3 Å². The maximum absolute atomic E-state index is 2.60. The van der Waals surface area contributed by atoms with Gasteiger partial charge in [0.2, 0.25) is 0 Å². The Labute approximate surface area is 569 Å². The van der Waals surface area contributed by atoms with E-state index in [9.17, 15) is 0 Å². The van der Waals surface area contributed by atoms with Gasteiger partial charge in [0.15, 0.2) is 0 Å². The van der Waals surface area contributed by atoms with Crippen LogP contribution >= 0.6 is 0 Å². The van der Waals surface area contributed by atoms with Crippen molar-refractivity contribution in [2.45, 2.75) is 209 Å². The molecule has 96 heavy (non-hydrogen) atoms. The molecular formula is C96H96. The van der Waals surface area contributed by atoms with Crippen LogP contribution in [0, 0.1) is 0 Å². The van der Waals surface area contributed by atoms with Gasteiger partial charge in [-0.1, -0.05) is 300 Å². The lowest BCUT2D eigenvalue weighted by Crippen LogP contribution is -2.16. The van der Waals surface area contributed by atoms with Gasteiger partial charge in [-0.25, -0.2) is 0 Å². The summed E-state index contributed by atoms with van der Waals surface area (Å²) in [5.74, 6) is 0. The van der Waals surface area contributed by atoms with Gasteiger partial charge in [0.05, 0.1) is 0 Å². The molecule has 0 amide bonds. The van der Waals surface area contributed by atoms with E-state index in [0.29, 0.717) is 0 Å². The minimum atomic E-state index is -0.0934. The molecular weight excluding hydrogens is 1150 g/mol. The molecule has 0 nitrogen and oxygen atoms in total. The highest BCUT2D eigenvalue weighted by Gasteiger charge is 2.36. The Morgan fingerprint density at radius 3 is 0.656 bits per heavy atom. The Balaban J connectivity index is 1.08. The van der Waals surface area contributed by atoms with Crippen LogP contribution in [0.25, 0.3) is 173 Å². The minimum Gasteiger partial charge on any atom is -0.0610 e. The average molecular weight is 1250 g/mol. The van der Waals surface area contributed by atoms with Crippen LogP contribution < -0.4 is 0 Å². The summed E-state index contributed by atoms with van der Waals surface area (Å²) in [5, 5.41) is 38.5. The molecule has 0 saturated carbocycles. The number of benzene rings is 13. The molecule has 480 valence electrons. The SMILES string of the molecule is CC(C)(C)c1cc(-c2c3cccc4c5c(C(C)(C)C)cc(C(C)(C)C)cc5c(c34)c3c4ccc5c6ccc7c8c(-c9cc(C(C)(C)C)cc(C(C)(C)C)c9)c9cccc%10c%11c(C(C)(C)C)cc(C(C)(C)C)cc%11c(c9%10)c8c8ccc(c9ccc(c23)c4c95)c6c78)cc(C(C)(C)C)c1. The van der Waals surface area contributed by atoms with Crippen molar-refractivity contribution in [3.8, 4) is 22.3 Å². The van der Waals surface area contributed by atoms with Crippen LogP contribution in [0.4, 0.5) is 0 Å². The summed E-state index contributed by atoms with van der Waals surface area (Å²) in [4.78, 5) is 0. The molecule has 0 N–H and O–H groups in total. The zero-order chi connectivity index (χ0) is 68.1. The van der Waals surface area contributed by atoms with Crippen molar-refractivity contribution in [2.75, 3.05) is 0 Å². The van der Waals surface area contributed by atoms with Gasteiger partial charge in [-0.05, 0) is 273 Å². The molecule has 0 spiro atoms. The largest absolute Gasteiger partial charge is 0.0610 e. The quantitative estimate of drug-likeness (QED) is 0.120. The number of hydrogen-bond donors (Lipinski definition) is 0. The van der Waals surface area contributed by atoms with E-state index in [0.717, 1.165) is 0 Å². The Kier molecular flexibility index (Phi) is 12.0. The van der Waals surface area contributed by atoms with E-state index in [-0.39, 0.29) is 43.3 Å². The first-order valence-electron chi connectivity index (χ1n) is 35.9. The lowest BCUT2D eigenvalue weighted by molar-refractivity contribution is 0.568. The van der Waals surface area contributed by atoms with Gasteiger partial charge in [-0.3, -0.25) is 0 Å². The maximum atomic E-state index is 2.60. The Morgan fingerprint density at radius 2 is 0.375 bits per heavy atom. The van der Waals surface area contributed by atoms with E-state index < -0.39 is 0 Å². The van der Waals surface area contributed by atoms with Gasteiger partial charge in [0, 0.05) is 0 Å². The van der Waals surface area contributed by atoms with Gasteiger partial charge >= 0.3 is 0 Å². The fraction of sp³-hybridized carbons (Fsp3) is 0.333. The monoisotopic (exact) mass is 1250 g/mol. The van der Waals surface area contributed by atoms with E-state index in [2.05, 4.69) is 312 Å². The molecule has 0 aliphatic carbocycles. The van der Waals surface area contributed by atoms with Crippen LogP contribution in [0.1, 0.15) is 211 Å². The second-order valence-electron chi connectivity index (χ2n) is 38.1. The second kappa shape index (κ2) is 18.9. The molecule has 0 fully saturated rings. The highest BCUT2D eigenvalue weighted by Crippen LogP contribution is 2.60. The predicted octanol–water partition coefficient (Wildman–Crippen LogP) is 28.7. The molecule has 0 aliphatic rings. The van der Waals surface area contributed by atoms with Crippen molar-refractivity contribution >= 4 is 151 Å².